The zero-order valence-electron chi connectivity index (χ0n) is 13.5. The van der Waals surface area contributed by atoms with Crippen LogP contribution in [-0.4, -0.2) is 42.5 Å². The Morgan fingerprint density at radius 3 is 2.79 bits per heavy atom. The van der Waals surface area contributed by atoms with Crippen LogP contribution < -0.4 is 0 Å². The molecule has 1 aliphatic heterocycles. The van der Waals surface area contributed by atoms with Crippen LogP contribution in [0.15, 0.2) is 55.6 Å². The molecule has 24 heavy (non-hydrogen) atoms. The van der Waals surface area contributed by atoms with E-state index in [0.717, 1.165) is 37.6 Å². The fraction of sp³-hybridized carbons (Fsp3) is 0.333. The van der Waals surface area contributed by atoms with Crippen molar-refractivity contribution in [1.29, 1.82) is 0 Å². The lowest BCUT2D eigenvalue weighted by Gasteiger charge is -2.32. The number of aromatic nitrogens is 5. The third kappa shape index (κ3) is 3.33. The van der Waals surface area contributed by atoms with E-state index < -0.39 is 0 Å². The fourth-order valence-electron chi connectivity index (χ4n) is 3.27. The van der Waals surface area contributed by atoms with Crippen LogP contribution in [0.3, 0.4) is 0 Å². The summed E-state index contributed by atoms with van der Waals surface area (Å²) in [5.41, 5.74) is 2.38. The smallest absolute Gasteiger partial charge is 0.156 e. The Kier molecular flexibility index (Phi) is 4.29. The fourth-order valence-corrected chi connectivity index (χ4v) is 3.27. The summed E-state index contributed by atoms with van der Waals surface area (Å²) in [6, 6.07) is 4.17. The Labute approximate surface area is 141 Å². The Hall–Kier alpha value is -2.60. The highest BCUT2D eigenvalue weighted by atomic mass is 15.1. The molecule has 0 N–H and O–H groups in total. The van der Waals surface area contributed by atoms with Crippen LogP contribution in [0, 0.1) is 0 Å². The Morgan fingerprint density at radius 2 is 1.96 bits per heavy atom. The minimum atomic E-state index is 0.427. The molecule has 1 aliphatic rings. The van der Waals surface area contributed by atoms with Crippen molar-refractivity contribution in [2.24, 2.45) is 0 Å². The van der Waals surface area contributed by atoms with Gasteiger partial charge >= 0.3 is 0 Å². The molecule has 0 saturated carbocycles. The summed E-state index contributed by atoms with van der Waals surface area (Å²) < 4.78 is 1.90. The van der Waals surface area contributed by atoms with Crippen LogP contribution >= 0.6 is 0 Å². The highest BCUT2D eigenvalue weighted by Crippen LogP contribution is 2.26. The normalized spacial score (nSPS) is 18.6. The maximum atomic E-state index is 4.80. The van der Waals surface area contributed by atoms with Gasteiger partial charge in [-0.15, -0.1) is 0 Å². The quantitative estimate of drug-likeness (QED) is 0.739. The van der Waals surface area contributed by atoms with Gasteiger partial charge in [0, 0.05) is 50.0 Å². The van der Waals surface area contributed by atoms with Crippen molar-refractivity contribution in [1.82, 2.24) is 29.4 Å². The van der Waals surface area contributed by atoms with Gasteiger partial charge in [-0.05, 0) is 37.1 Å². The third-order valence-corrected chi connectivity index (χ3v) is 4.49. The lowest BCUT2D eigenvalue weighted by Crippen LogP contribution is -2.34. The van der Waals surface area contributed by atoms with E-state index in [1.54, 1.807) is 18.7 Å². The van der Waals surface area contributed by atoms with Gasteiger partial charge in [0.25, 0.3) is 0 Å². The summed E-state index contributed by atoms with van der Waals surface area (Å²) in [6.07, 6.45) is 15.2. The molecule has 0 spiro atoms. The SMILES string of the molecule is c1cc(CN2CCC[C@H](c3cncc(-n4ccnc4)n3)C2)ccn1. The van der Waals surface area contributed by atoms with E-state index in [9.17, 15) is 0 Å². The van der Waals surface area contributed by atoms with Gasteiger partial charge in [0.05, 0.1) is 11.9 Å². The van der Waals surface area contributed by atoms with Crippen molar-refractivity contribution in [3.8, 4) is 5.82 Å². The molecule has 6 nitrogen and oxygen atoms in total. The Morgan fingerprint density at radius 1 is 1.04 bits per heavy atom. The Bertz CT molecular complexity index is 771. The first kappa shape index (κ1) is 15.0. The number of imidazole rings is 1. The van der Waals surface area contributed by atoms with Crippen molar-refractivity contribution in [3.63, 3.8) is 0 Å². The topological polar surface area (TPSA) is 59.7 Å². The van der Waals surface area contributed by atoms with Gasteiger partial charge in [-0.3, -0.25) is 19.4 Å². The first-order chi connectivity index (χ1) is 11.9. The van der Waals surface area contributed by atoms with Gasteiger partial charge < -0.3 is 0 Å². The first-order valence-corrected chi connectivity index (χ1v) is 8.30. The second-order valence-corrected chi connectivity index (χ2v) is 6.20. The summed E-state index contributed by atoms with van der Waals surface area (Å²) in [7, 11) is 0. The predicted molar refractivity (Wildman–Crippen MR) is 90.6 cm³/mol. The van der Waals surface area contributed by atoms with E-state index in [2.05, 4.69) is 32.0 Å². The molecular formula is C18H20N6. The number of rotatable bonds is 4. The van der Waals surface area contributed by atoms with E-state index in [-0.39, 0.29) is 0 Å². The number of hydrogen-bond donors (Lipinski definition) is 0. The third-order valence-electron chi connectivity index (χ3n) is 4.49. The largest absolute Gasteiger partial charge is 0.298 e. The zero-order chi connectivity index (χ0) is 16.2. The van der Waals surface area contributed by atoms with Gasteiger partial charge in [-0.2, -0.15) is 0 Å². The standard InChI is InChI=1S/C18H20N6/c1-2-16(13-23(8-1)12-15-3-5-19-6-4-15)17-10-21-11-18(22-17)24-9-7-20-14-24/h3-7,9-11,14,16H,1-2,8,12-13H2/t16-/m0/s1. The van der Waals surface area contributed by atoms with Gasteiger partial charge in [-0.25, -0.2) is 9.97 Å². The van der Waals surface area contributed by atoms with E-state index >= 15 is 0 Å². The number of hydrogen-bond acceptors (Lipinski definition) is 5. The van der Waals surface area contributed by atoms with Crippen molar-refractivity contribution in [3.05, 3.63) is 66.9 Å². The summed E-state index contributed by atoms with van der Waals surface area (Å²) in [6.45, 7) is 3.12. The van der Waals surface area contributed by atoms with Crippen LogP contribution in [-0.2, 0) is 6.54 Å². The summed E-state index contributed by atoms with van der Waals surface area (Å²) >= 11 is 0. The Balaban J connectivity index is 1.49. The molecule has 1 fully saturated rings. The maximum absolute atomic E-state index is 4.80. The molecule has 122 valence electrons. The molecule has 3 aromatic rings. The van der Waals surface area contributed by atoms with E-state index in [1.165, 1.54) is 12.0 Å². The molecule has 0 aromatic carbocycles. The molecule has 1 atom stereocenters. The maximum Gasteiger partial charge on any atom is 0.156 e. The monoisotopic (exact) mass is 320 g/mol. The van der Waals surface area contributed by atoms with Crippen molar-refractivity contribution in [2.75, 3.05) is 13.1 Å². The molecule has 0 aliphatic carbocycles. The number of likely N-dealkylation sites (tertiary alicyclic amines) is 1. The minimum absolute atomic E-state index is 0.427. The van der Waals surface area contributed by atoms with Gasteiger partial charge in [0.2, 0.25) is 0 Å². The van der Waals surface area contributed by atoms with E-state index in [4.69, 9.17) is 4.98 Å². The van der Waals surface area contributed by atoms with Crippen LogP contribution in [0.5, 0.6) is 0 Å². The average Bonchev–Trinajstić information content (AvgIpc) is 3.18. The lowest BCUT2D eigenvalue weighted by atomic mass is 9.94. The molecule has 4 heterocycles. The molecule has 1 saturated heterocycles. The summed E-state index contributed by atoms with van der Waals surface area (Å²) in [4.78, 5) is 19.9. The van der Waals surface area contributed by atoms with Crippen molar-refractivity contribution in [2.45, 2.75) is 25.3 Å². The highest BCUT2D eigenvalue weighted by molar-refractivity contribution is 5.21. The number of piperidine rings is 1. The highest BCUT2D eigenvalue weighted by Gasteiger charge is 2.23. The van der Waals surface area contributed by atoms with Gasteiger partial charge in [-0.1, -0.05) is 0 Å². The van der Waals surface area contributed by atoms with Gasteiger partial charge in [0.15, 0.2) is 5.82 Å². The molecule has 0 bridgehead atoms. The molecule has 6 heteroatoms. The first-order valence-electron chi connectivity index (χ1n) is 8.30. The second kappa shape index (κ2) is 6.88. The molecule has 0 amide bonds. The molecule has 0 radical (unpaired) electrons. The van der Waals surface area contributed by atoms with Crippen LogP contribution in [0.4, 0.5) is 0 Å². The van der Waals surface area contributed by atoms with Crippen LogP contribution in [0.1, 0.15) is 30.0 Å². The van der Waals surface area contributed by atoms with E-state index in [1.807, 2.05) is 29.4 Å². The summed E-state index contributed by atoms with van der Waals surface area (Å²) in [5, 5.41) is 0. The van der Waals surface area contributed by atoms with Crippen molar-refractivity contribution < 1.29 is 0 Å². The lowest BCUT2D eigenvalue weighted by molar-refractivity contribution is 0.198. The molecule has 3 aromatic heterocycles. The van der Waals surface area contributed by atoms with Crippen LogP contribution in [0.25, 0.3) is 5.82 Å². The van der Waals surface area contributed by atoms with Crippen LogP contribution in [0.2, 0.25) is 0 Å². The van der Waals surface area contributed by atoms with E-state index in [0.29, 0.717) is 5.92 Å². The summed E-state index contributed by atoms with van der Waals surface area (Å²) in [5.74, 6) is 1.26. The predicted octanol–water partition coefficient (Wildman–Crippen LogP) is 2.44. The van der Waals surface area contributed by atoms with Crippen molar-refractivity contribution >= 4 is 0 Å². The molecular weight excluding hydrogens is 300 g/mol. The second-order valence-electron chi connectivity index (χ2n) is 6.20. The average molecular weight is 320 g/mol. The number of pyridine rings is 1. The molecule has 4 rings (SSSR count). The van der Waals surface area contributed by atoms with Gasteiger partial charge in [0.1, 0.15) is 6.33 Å². The molecule has 0 unspecified atom stereocenters. The number of nitrogens with zero attached hydrogens (tertiary/aromatic N) is 6. The zero-order valence-corrected chi connectivity index (χ0v) is 13.5. The minimum Gasteiger partial charge on any atom is -0.298 e.